The van der Waals surface area contributed by atoms with Crippen LogP contribution in [0.25, 0.3) is 11.0 Å². The van der Waals surface area contributed by atoms with Crippen LogP contribution in [-0.4, -0.2) is 76.5 Å². The molecule has 2 heterocycles. The predicted octanol–water partition coefficient (Wildman–Crippen LogP) is 1.45. The molecular formula is C19H30N6O. The highest BCUT2D eigenvalue weighted by atomic mass is 16.1. The molecule has 1 amide bonds. The van der Waals surface area contributed by atoms with Gasteiger partial charge in [-0.1, -0.05) is 19.1 Å². The fourth-order valence-electron chi connectivity index (χ4n) is 3.51. The minimum absolute atomic E-state index is 0.0411. The van der Waals surface area contributed by atoms with Gasteiger partial charge in [-0.2, -0.15) is 0 Å². The summed E-state index contributed by atoms with van der Waals surface area (Å²) in [6, 6.07) is 5.59. The molecule has 1 aromatic heterocycles. The van der Waals surface area contributed by atoms with Gasteiger partial charge >= 0.3 is 0 Å². The number of aromatic nitrogens is 3. The molecule has 1 fully saturated rings. The average molecular weight is 358 g/mol. The number of piperazine rings is 1. The molecule has 26 heavy (non-hydrogen) atoms. The smallest absolute Gasteiger partial charge is 0.251 e. The van der Waals surface area contributed by atoms with Gasteiger partial charge in [-0.25, -0.2) is 4.68 Å². The molecule has 0 aliphatic carbocycles. The largest absolute Gasteiger partial charge is 0.352 e. The summed E-state index contributed by atoms with van der Waals surface area (Å²) in [5, 5.41) is 11.3. The maximum atomic E-state index is 12.5. The van der Waals surface area contributed by atoms with Crippen molar-refractivity contribution in [2.24, 2.45) is 5.92 Å². The molecule has 0 saturated carbocycles. The summed E-state index contributed by atoms with van der Waals surface area (Å²) in [7, 11) is 0. The molecule has 1 aliphatic rings. The van der Waals surface area contributed by atoms with E-state index in [0.717, 1.165) is 56.8 Å². The van der Waals surface area contributed by atoms with E-state index in [9.17, 15) is 4.79 Å². The van der Waals surface area contributed by atoms with Gasteiger partial charge in [-0.15, -0.1) is 5.10 Å². The number of carbonyl (C=O) groups excluding carboxylic acids is 1. The monoisotopic (exact) mass is 358 g/mol. The molecule has 1 aromatic carbocycles. The van der Waals surface area contributed by atoms with Crippen molar-refractivity contribution in [2.75, 3.05) is 45.8 Å². The second-order valence-corrected chi connectivity index (χ2v) is 7.16. The third-order valence-corrected chi connectivity index (χ3v) is 5.17. The third kappa shape index (κ3) is 4.40. The van der Waals surface area contributed by atoms with Gasteiger partial charge in [0.25, 0.3) is 5.91 Å². The van der Waals surface area contributed by atoms with E-state index in [4.69, 9.17) is 0 Å². The number of nitrogens with one attached hydrogen (secondary N) is 1. The highest BCUT2D eigenvalue weighted by Gasteiger charge is 2.18. The van der Waals surface area contributed by atoms with Gasteiger partial charge in [-0.05, 0) is 37.6 Å². The lowest BCUT2D eigenvalue weighted by Crippen LogP contribution is -2.48. The van der Waals surface area contributed by atoms with E-state index in [1.54, 1.807) is 0 Å². The molecule has 7 heteroatoms. The van der Waals surface area contributed by atoms with Crippen molar-refractivity contribution in [3.8, 4) is 0 Å². The molecule has 0 spiro atoms. The highest BCUT2D eigenvalue weighted by Crippen LogP contribution is 2.13. The van der Waals surface area contributed by atoms with Crippen LogP contribution in [0.15, 0.2) is 18.2 Å². The van der Waals surface area contributed by atoms with Crippen LogP contribution in [0.2, 0.25) is 0 Å². The number of rotatable bonds is 7. The number of hydrogen-bond donors (Lipinski definition) is 1. The Bertz CT molecular complexity index is 735. The number of likely N-dealkylation sites (N-methyl/N-ethyl adjacent to an activating group) is 1. The summed E-state index contributed by atoms with van der Waals surface area (Å²) in [4.78, 5) is 17.4. The number of amides is 1. The first kappa shape index (κ1) is 18.8. The Balaban J connectivity index is 1.49. The number of fused-ring (bicyclic) bond motifs is 1. The van der Waals surface area contributed by atoms with E-state index >= 15 is 0 Å². The molecule has 7 nitrogen and oxygen atoms in total. The van der Waals surface area contributed by atoms with Crippen molar-refractivity contribution in [3.63, 3.8) is 0 Å². The van der Waals surface area contributed by atoms with Gasteiger partial charge in [0, 0.05) is 51.4 Å². The first-order chi connectivity index (χ1) is 12.6. The molecule has 1 saturated heterocycles. The van der Waals surface area contributed by atoms with Crippen molar-refractivity contribution in [1.29, 1.82) is 0 Å². The molecule has 1 atom stereocenters. The van der Waals surface area contributed by atoms with Gasteiger partial charge < -0.3 is 15.1 Å². The predicted molar refractivity (Wildman–Crippen MR) is 103 cm³/mol. The minimum atomic E-state index is -0.0411. The van der Waals surface area contributed by atoms with E-state index in [1.807, 2.05) is 29.8 Å². The maximum absolute atomic E-state index is 12.5. The summed E-state index contributed by atoms with van der Waals surface area (Å²) in [5.74, 6) is 0.387. The van der Waals surface area contributed by atoms with Crippen LogP contribution in [-0.2, 0) is 6.54 Å². The molecule has 1 N–H and O–H groups in total. The standard InChI is InChI=1S/C19H30N6O/c1-4-23-8-10-24(11-9-23)14-15(3)13-20-19(26)16-6-7-18-17(12-16)21-22-25(18)5-2/h6-7,12,15H,4-5,8-11,13-14H2,1-3H3,(H,20,26). The van der Waals surface area contributed by atoms with Crippen LogP contribution in [0.3, 0.4) is 0 Å². The van der Waals surface area contributed by atoms with Crippen LogP contribution < -0.4 is 5.32 Å². The molecule has 1 aliphatic heterocycles. The molecule has 0 bridgehead atoms. The lowest BCUT2D eigenvalue weighted by atomic mass is 10.1. The van der Waals surface area contributed by atoms with Crippen LogP contribution in [0, 0.1) is 5.92 Å². The summed E-state index contributed by atoms with van der Waals surface area (Å²) in [5.41, 5.74) is 2.37. The molecular weight excluding hydrogens is 328 g/mol. The summed E-state index contributed by atoms with van der Waals surface area (Å²) >= 11 is 0. The molecule has 0 radical (unpaired) electrons. The van der Waals surface area contributed by atoms with E-state index in [1.165, 1.54) is 0 Å². The lowest BCUT2D eigenvalue weighted by Gasteiger charge is -2.35. The van der Waals surface area contributed by atoms with Crippen LogP contribution in [0.4, 0.5) is 0 Å². The topological polar surface area (TPSA) is 66.3 Å². The Labute approximate surface area is 155 Å². The van der Waals surface area contributed by atoms with Gasteiger partial charge in [0.05, 0.1) is 5.52 Å². The van der Waals surface area contributed by atoms with E-state index in [2.05, 4.69) is 39.3 Å². The molecule has 142 valence electrons. The van der Waals surface area contributed by atoms with Gasteiger partial charge in [0.2, 0.25) is 0 Å². The van der Waals surface area contributed by atoms with Crippen molar-refractivity contribution >= 4 is 16.9 Å². The number of nitrogens with zero attached hydrogens (tertiary/aromatic N) is 5. The number of benzene rings is 1. The average Bonchev–Trinajstić information content (AvgIpc) is 3.09. The van der Waals surface area contributed by atoms with E-state index in [0.29, 0.717) is 18.0 Å². The highest BCUT2D eigenvalue weighted by molar-refractivity contribution is 5.97. The Morgan fingerprint density at radius 2 is 1.88 bits per heavy atom. The first-order valence-electron chi connectivity index (χ1n) is 9.66. The Kier molecular flexibility index (Phi) is 6.21. The summed E-state index contributed by atoms with van der Waals surface area (Å²) in [6.45, 7) is 14.6. The normalized spacial score (nSPS) is 17.5. The second-order valence-electron chi connectivity index (χ2n) is 7.16. The minimum Gasteiger partial charge on any atom is -0.352 e. The van der Waals surface area contributed by atoms with Crippen LogP contribution in [0.1, 0.15) is 31.1 Å². The molecule has 1 unspecified atom stereocenters. The Morgan fingerprint density at radius 3 is 2.58 bits per heavy atom. The number of hydrogen-bond acceptors (Lipinski definition) is 5. The van der Waals surface area contributed by atoms with Gasteiger partial charge in [-0.3, -0.25) is 4.79 Å². The zero-order chi connectivity index (χ0) is 18.5. The van der Waals surface area contributed by atoms with Crippen molar-refractivity contribution in [3.05, 3.63) is 23.8 Å². The van der Waals surface area contributed by atoms with Crippen LogP contribution >= 0.6 is 0 Å². The fraction of sp³-hybridized carbons (Fsp3) is 0.632. The van der Waals surface area contributed by atoms with Crippen LogP contribution in [0.5, 0.6) is 0 Å². The fourth-order valence-corrected chi connectivity index (χ4v) is 3.51. The summed E-state index contributed by atoms with van der Waals surface area (Å²) < 4.78 is 1.83. The molecule has 3 rings (SSSR count). The van der Waals surface area contributed by atoms with Gasteiger partial charge in [0.15, 0.2) is 0 Å². The van der Waals surface area contributed by atoms with Crippen molar-refractivity contribution in [1.82, 2.24) is 30.1 Å². The lowest BCUT2D eigenvalue weighted by molar-refractivity contribution is 0.0934. The zero-order valence-corrected chi connectivity index (χ0v) is 16.1. The maximum Gasteiger partial charge on any atom is 0.251 e. The quantitative estimate of drug-likeness (QED) is 0.812. The first-order valence-corrected chi connectivity index (χ1v) is 9.66. The van der Waals surface area contributed by atoms with Crippen molar-refractivity contribution in [2.45, 2.75) is 27.3 Å². The Morgan fingerprint density at radius 1 is 1.15 bits per heavy atom. The van der Waals surface area contributed by atoms with Crippen molar-refractivity contribution < 1.29 is 4.79 Å². The number of carbonyl (C=O) groups is 1. The third-order valence-electron chi connectivity index (χ3n) is 5.17. The molecule has 2 aromatic rings. The van der Waals surface area contributed by atoms with E-state index < -0.39 is 0 Å². The van der Waals surface area contributed by atoms with Gasteiger partial charge in [0.1, 0.15) is 5.52 Å². The van der Waals surface area contributed by atoms with E-state index in [-0.39, 0.29) is 5.91 Å². The summed E-state index contributed by atoms with van der Waals surface area (Å²) in [6.07, 6.45) is 0. The second kappa shape index (κ2) is 8.60. The number of aryl methyl sites for hydroxylation is 1. The Hall–Kier alpha value is -1.99. The zero-order valence-electron chi connectivity index (χ0n) is 16.1. The SMILES string of the molecule is CCN1CCN(CC(C)CNC(=O)c2ccc3c(c2)nnn3CC)CC1.